The fraction of sp³-hybridized carbons (Fsp3) is 0.182. The van der Waals surface area contributed by atoms with E-state index in [-0.39, 0.29) is 35.0 Å². The van der Waals surface area contributed by atoms with Gasteiger partial charge in [0.15, 0.2) is 5.75 Å². The van der Waals surface area contributed by atoms with Crippen LogP contribution in [0.15, 0.2) is 65.4 Å². The summed E-state index contributed by atoms with van der Waals surface area (Å²) in [6.07, 6.45) is 1.45. The lowest BCUT2D eigenvalue weighted by Crippen LogP contribution is -2.24. The van der Waals surface area contributed by atoms with Crippen molar-refractivity contribution in [2.24, 2.45) is 0 Å². The third-order valence-electron chi connectivity index (χ3n) is 4.80. The van der Waals surface area contributed by atoms with Crippen LogP contribution in [0.1, 0.15) is 18.1 Å². The number of amides is 1. The number of carbonyl (C=O) groups is 2. The number of nitro groups is 1. The van der Waals surface area contributed by atoms with E-state index in [9.17, 15) is 19.7 Å². The molecule has 0 aromatic heterocycles. The Morgan fingerprint density at radius 2 is 1.87 bits per heavy atom. The molecule has 8 heteroatoms. The molecule has 3 rings (SSSR count). The molecule has 0 atom stereocenters. The number of nitro benzene ring substituents is 1. The lowest BCUT2D eigenvalue weighted by atomic mass is 10.0. The zero-order valence-corrected chi connectivity index (χ0v) is 16.7. The predicted molar refractivity (Wildman–Crippen MR) is 109 cm³/mol. The van der Waals surface area contributed by atoms with Gasteiger partial charge in [-0.05, 0) is 30.2 Å². The standard InChI is InChI=1S/C22H20N2O6/c1-14-20(22(26)30-3)17(21(25)23(14)13-15-7-5-4-6-8-15)11-16-9-10-19(29-2)18(12-16)24(27)28/h4-12H,13H2,1-3H3. The van der Waals surface area contributed by atoms with Gasteiger partial charge in [0.05, 0.1) is 36.8 Å². The van der Waals surface area contributed by atoms with Crippen molar-refractivity contribution in [1.82, 2.24) is 4.90 Å². The van der Waals surface area contributed by atoms with Crippen LogP contribution in [0.5, 0.6) is 5.75 Å². The fourth-order valence-electron chi connectivity index (χ4n) is 3.29. The van der Waals surface area contributed by atoms with E-state index in [0.717, 1.165) is 5.56 Å². The van der Waals surface area contributed by atoms with Gasteiger partial charge in [0.25, 0.3) is 5.91 Å². The first-order valence-corrected chi connectivity index (χ1v) is 9.06. The summed E-state index contributed by atoms with van der Waals surface area (Å²) in [5.74, 6) is -0.925. The fourth-order valence-corrected chi connectivity index (χ4v) is 3.29. The second kappa shape index (κ2) is 8.60. The summed E-state index contributed by atoms with van der Waals surface area (Å²) in [6, 6.07) is 13.7. The van der Waals surface area contributed by atoms with Crippen molar-refractivity contribution in [3.63, 3.8) is 0 Å². The van der Waals surface area contributed by atoms with Crippen molar-refractivity contribution in [2.45, 2.75) is 13.5 Å². The highest BCUT2D eigenvalue weighted by atomic mass is 16.6. The van der Waals surface area contributed by atoms with Crippen molar-refractivity contribution >= 4 is 23.6 Å². The van der Waals surface area contributed by atoms with Gasteiger partial charge in [-0.3, -0.25) is 14.9 Å². The van der Waals surface area contributed by atoms with Crippen LogP contribution in [0, 0.1) is 10.1 Å². The van der Waals surface area contributed by atoms with E-state index in [2.05, 4.69) is 0 Å². The minimum atomic E-state index is -0.648. The summed E-state index contributed by atoms with van der Waals surface area (Å²) in [7, 11) is 2.58. The Morgan fingerprint density at radius 3 is 2.47 bits per heavy atom. The molecule has 1 aliphatic rings. The van der Waals surface area contributed by atoms with E-state index < -0.39 is 10.9 Å². The predicted octanol–water partition coefficient (Wildman–Crippen LogP) is 3.48. The summed E-state index contributed by atoms with van der Waals surface area (Å²) < 4.78 is 9.88. The molecule has 0 N–H and O–H groups in total. The minimum absolute atomic E-state index is 0.102. The zero-order chi connectivity index (χ0) is 21.8. The lowest BCUT2D eigenvalue weighted by molar-refractivity contribution is -0.385. The molecule has 0 spiro atoms. The van der Waals surface area contributed by atoms with Crippen molar-refractivity contribution in [3.05, 3.63) is 86.6 Å². The first-order chi connectivity index (χ1) is 14.4. The largest absolute Gasteiger partial charge is 0.490 e. The maximum atomic E-state index is 13.1. The molecule has 2 aromatic carbocycles. The molecular formula is C22H20N2O6. The van der Waals surface area contributed by atoms with Gasteiger partial charge in [-0.15, -0.1) is 0 Å². The lowest BCUT2D eigenvalue weighted by Gasteiger charge is -2.17. The smallest absolute Gasteiger partial charge is 0.340 e. The topological polar surface area (TPSA) is 99.0 Å². The van der Waals surface area contributed by atoms with Crippen LogP contribution in [0.3, 0.4) is 0 Å². The Labute approximate surface area is 173 Å². The molecule has 154 valence electrons. The third-order valence-corrected chi connectivity index (χ3v) is 4.80. The molecule has 1 heterocycles. The molecule has 0 saturated carbocycles. The molecule has 1 aliphatic heterocycles. The SMILES string of the molecule is COC(=O)C1=C(C)N(Cc2ccccc2)C(=O)C1=Cc1ccc(OC)c([N+](=O)[O-])c1. The second-order valence-electron chi connectivity index (χ2n) is 6.58. The summed E-state index contributed by atoms with van der Waals surface area (Å²) in [5, 5.41) is 11.3. The Hall–Kier alpha value is -3.94. The summed E-state index contributed by atoms with van der Waals surface area (Å²) in [4.78, 5) is 37.8. The average molecular weight is 408 g/mol. The molecule has 0 aliphatic carbocycles. The van der Waals surface area contributed by atoms with Gasteiger partial charge in [0.1, 0.15) is 0 Å². The number of allylic oxidation sites excluding steroid dienone is 1. The average Bonchev–Trinajstić information content (AvgIpc) is 2.98. The molecule has 0 bridgehead atoms. The van der Waals surface area contributed by atoms with E-state index in [1.54, 1.807) is 13.0 Å². The molecule has 0 saturated heterocycles. The highest BCUT2D eigenvalue weighted by Gasteiger charge is 2.37. The van der Waals surface area contributed by atoms with E-state index in [4.69, 9.17) is 9.47 Å². The van der Waals surface area contributed by atoms with E-state index in [1.807, 2.05) is 30.3 Å². The number of benzene rings is 2. The second-order valence-corrected chi connectivity index (χ2v) is 6.58. The third kappa shape index (κ3) is 3.93. The van der Waals surface area contributed by atoms with Crippen LogP contribution in [0.4, 0.5) is 5.69 Å². The van der Waals surface area contributed by atoms with Gasteiger partial charge < -0.3 is 14.4 Å². The number of esters is 1. The summed E-state index contributed by atoms with van der Waals surface area (Å²) in [5.41, 5.74) is 1.77. The molecule has 1 amide bonds. The first kappa shape index (κ1) is 20.8. The van der Waals surface area contributed by atoms with E-state index in [1.165, 1.54) is 37.3 Å². The number of hydrogen-bond donors (Lipinski definition) is 0. The van der Waals surface area contributed by atoms with E-state index in [0.29, 0.717) is 11.3 Å². The van der Waals surface area contributed by atoms with Crippen LogP contribution >= 0.6 is 0 Å². The normalized spacial score (nSPS) is 15.0. The molecule has 0 unspecified atom stereocenters. The minimum Gasteiger partial charge on any atom is -0.490 e. The van der Waals surface area contributed by atoms with Gasteiger partial charge in [0, 0.05) is 11.8 Å². The monoisotopic (exact) mass is 408 g/mol. The van der Waals surface area contributed by atoms with Crippen molar-refractivity contribution in [2.75, 3.05) is 14.2 Å². The quantitative estimate of drug-likeness (QED) is 0.314. The van der Waals surface area contributed by atoms with Gasteiger partial charge in [-0.1, -0.05) is 36.4 Å². The van der Waals surface area contributed by atoms with Crippen LogP contribution < -0.4 is 4.74 Å². The molecule has 0 fully saturated rings. The zero-order valence-electron chi connectivity index (χ0n) is 16.7. The number of nitrogens with zero attached hydrogens (tertiary/aromatic N) is 2. The van der Waals surface area contributed by atoms with Gasteiger partial charge >= 0.3 is 11.7 Å². The number of hydrogen-bond acceptors (Lipinski definition) is 6. The van der Waals surface area contributed by atoms with Crippen LogP contribution in [0.2, 0.25) is 0 Å². The van der Waals surface area contributed by atoms with Crippen molar-refractivity contribution in [1.29, 1.82) is 0 Å². The Bertz CT molecular complexity index is 1070. The maximum Gasteiger partial charge on any atom is 0.340 e. The van der Waals surface area contributed by atoms with Crippen LogP contribution in [-0.2, 0) is 20.9 Å². The summed E-state index contributed by atoms with van der Waals surface area (Å²) in [6.45, 7) is 1.95. The van der Waals surface area contributed by atoms with Crippen LogP contribution in [-0.4, -0.2) is 35.9 Å². The Kier molecular flexibility index (Phi) is 5.96. The molecule has 30 heavy (non-hydrogen) atoms. The maximum absolute atomic E-state index is 13.1. The Morgan fingerprint density at radius 1 is 1.17 bits per heavy atom. The number of carbonyl (C=O) groups excluding carboxylic acids is 2. The van der Waals surface area contributed by atoms with Crippen LogP contribution in [0.25, 0.3) is 6.08 Å². The molecule has 0 radical (unpaired) electrons. The van der Waals surface area contributed by atoms with Gasteiger partial charge in [-0.2, -0.15) is 0 Å². The molecule has 8 nitrogen and oxygen atoms in total. The summed E-state index contributed by atoms with van der Waals surface area (Å²) >= 11 is 0. The number of methoxy groups -OCH3 is 2. The number of ether oxygens (including phenoxy) is 2. The molecule has 2 aromatic rings. The number of rotatable bonds is 6. The van der Waals surface area contributed by atoms with Gasteiger partial charge in [0.2, 0.25) is 0 Å². The molecular weight excluding hydrogens is 388 g/mol. The van der Waals surface area contributed by atoms with E-state index >= 15 is 0 Å². The van der Waals surface area contributed by atoms with Crippen molar-refractivity contribution < 1.29 is 24.0 Å². The Balaban J connectivity index is 2.06. The van der Waals surface area contributed by atoms with Crippen molar-refractivity contribution in [3.8, 4) is 5.75 Å². The highest BCUT2D eigenvalue weighted by molar-refractivity contribution is 6.16. The van der Waals surface area contributed by atoms with Gasteiger partial charge in [-0.25, -0.2) is 4.79 Å². The highest BCUT2D eigenvalue weighted by Crippen LogP contribution is 2.34. The first-order valence-electron chi connectivity index (χ1n) is 9.06.